The quantitative estimate of drug-likeness (QED) is 0.926. The summed E-state index contributed by atoms with van der Waals surface area (Å²) in [6.45, 7) is 4.10. The van der Waals surface area contributed by atoms with Gasteiger partial charge in [0.15, 0.2) is 11.5 Å². The van der Waals surface area contributed by atoms with E-state index in [1.807, 2.05) is 18.2 Å². The fourth-order valence-electron chi connectivity index (χ4n) is 3.02. The smallest absolute Gasteiger partial charge is 0.161 e. The van der Waals surface area contributed by atoms with Gasteiger partial charge in [0, 0.05) is 0 Å². The molecule has 0 saturated heterocycles. The minimum absolute atomic E-state index is 0.111. The Morgan fingerprint density at radius 2 is 1.86 bits per heavy atom. The van der Waals surface area contributed by atoms with Gasteiger partial charge in [0.05, 0.1) is 18.8 Å². The van der Waals surface area contributed by atoms with Crippen LogP contribution in [0.1, 0.15) is 44.2 Å². The van der Waals surface area contributed by atoms with Gasteiger partial charge in [-0.1, -0.05) is 13.0 Å². The number of nitrogens with two attached hydrogens (primary N) is 1. The predicted molar refractivity (Wildman–Crippen MR) is 81.7 cm³/mol. The van der Waals surface area contributed by atoms with Crippen LogP contribution in [0.4, 0.5) is 0 Å². The third kappa shape index (κ3) is 3.69. The van der Waals surface area contributed by atoms with Crippen LogP contribution in [-0.2, 0) is 4.74 Å². The van der Waals surface area contributed by atoms with Crippen molar-refractivity contribution in [1.29, 1.82) is 0 Å². The molecule has 1 atom stereocenters. The maximum Gasteiger partial charge on any atom is 0.161 e. The molecule has 21 heavy (non-hydrogen) atoms. The van der Waals surface area contributed by atoms with Gasteiger partial charge < -0.3 is 19.9 Å². The van der Waals surface area contributed by atoms with Crippen LogP contribution in [0.2, 0.25) is 0 Å². The first-order valence-electron chi connectivity index (χ1n) is 7.99. The van der Waals surface area contributed by atoms with Gasteiger partial charge in [-0.25, -0.2) is 0 Å². The predicted octanol–water partition coefficient (Wildman–Crippen LogP) is 3.05. The molecule has 1 heterocycles. The van der Waals surface area contributed by atoms with Crippen molar-refractivity contribution in [3.63, 3.8) is 0 Å². The Balaban J connectivity index is 1.54. The molecule has 116 valence electrons. The lowest BCUT2D eigenvalue weighted by Gasteiger charge is -2.27. The first-order chi connectivity index (χ1) is 10.2. The summed E-state index contributed by atoms with van der Waals surface area (Å²) in [5.41, 5.74) is 7.30. The highest BCUT2D eigenvalue weighted by Crippen LogP contribution is 2.32. The van der Waals surface area contributed by atoms with Gasteiger partial charge in [-0.3, -0.25) is 0 Å². The SMILES string of the molecule is CC1CCC(OCC(N)c2ccc3c(c2)OCCO3)CC1. The number of rotatable bonds is 4. The Hall–Kier alpha value is -1.26. The van der Waals surface area contributed by atoms with Gasteiger partial charge in [0.25, 0.3) is 0 Å². The Morgan fingerprint density at radius 3 is 2.62 bits per heavy atom. The van der Waals surface area contributed by atoms with E-state index in [9.17, 15) is 0 Å². The molecule has 0 spiro atoms. The zero-order valence-electron chi connectivity index (χ0n) is 12.7. The van der Waals surface area contributed by atoms with Crippen LogP contribution in [0.5, 0.6) is 11.5 Å². The summed E-state index contributed by atoms with van der Waals surface area (Å²) in [6, 6.07) is 5.81. The second-order valence-electron chi connectivity index (χ2n) is 6.22. The minimum atomic E-state index is -0.111. The maximum atomic E-state index is 6.25. The van der Waals surface area contributed by atoms with Crippen LogP contribution in [0.15, 0.2) is 18.2 Å². The zero-order chi connectivity index (χ0) is 14.7. The average molecular weight is 291 g/mol. The third-order valence-corrected chi connectivity index (χ3v) is 4.47. The van der Waals surface area contributed by atoms with Crippen molar-refractivity contribution < 1.29 is 14.2 Å². The van der Waals surface area contributed by atoms with Crippen LogP contribution in [0.3, 0.4) is 0 Å². The standard InChI is InChI=1S/C17H25NO3/c1-12-2-5-14(6-3-12)21-11-15(18)13-4-7-16-17(10-13)20-9-8-19-16/h4,7,10,12,14-15H,2-3,5-6,8-9,11,18H2,1H3. The zero-order valence-corrected chi connectivity index (χ0v) is 12.7. The van der Waals surface area contributed by atoms with E-state index in [1.54, 1.807) is 0 Å². The van der Waals surface area contributed by atoms with Gasteiger partial charge in [-0.05, 0) is 49.3 Å². The largest absolute Gasteiger partial charge is 0.486 e. The van der Waals surface area contributed by atoms with E-state index in [1.165, 1.54) is 12.8 Å². The van der Waals surface area contributed by atoms with Crippen molar-refractivity contribution in [3.05, 3.63) is 23.8 Å². The van der Waals surface area contributed by atoms with Gasteiger partial charge in [0.2, 0.25) is 0 Å². The lowest BCUT2D eigenvalue weighted by atomic mass is 9.89. The number of fused-ring (bicyclic) bond motifs is 1. The van der Waals surface area contributed by atoms with Crippen LogP contribution in [0, 0.1) is 5.92 Å². The maximum absolute atomic E-state index is 6.25. The Bertz CT molecular complexity index is 469. The fourth-order valence-corrected chi connectivity index (χ4v) is 3.02. The molecule has 2 N–H and O–H groups in total. The summed E-state index contributed by atoms with van der Waals surface area (Å²) in [6.07, 6.45) is 5.24. The molecule has 1 aliphatic heterocycles. The number of ether oxygens (including phenoxy) is 3. The molecule has 1 aromatic carbocycles. The van der Waals surface area contributed by atoms with E-state index in [0.29, 0.717) is 25.9 Å². The molecular weight excluding hydrogens is 266 g/mol. The first-order valence-corrected chi connectivity index (χ1v) is 7.99. The Morgan fingerprint density at radius 1 is 1.14 bits per heavy atom. The molecule has 1 saturated carbocycles. The fraction of sp³-hybridized carbons (Fsp3) is 0.647. The van der Waals surface area contributed by atoms with Crippen LogP contribution in [0.25, 0.3) is 0 Å². The van der Waals surface area contributed by atoms with E-state index in [-0.39, 0.29) is 6.04 Å². The lowest BCUT2D eigenvalue weighted by molar-refractivity contribution is 0.0125. The molecule has 1 unspecified atom stereocenters. The van der Waals surface area contributed by atoms with Crippen molar-refractivity contribution in [2.75, 3.05) is 19.8 Å². The molecule has 1 aliphatic carbocycles. The van der Waals surface area contributed by atoms with Gasteiger partial charge in [-0.2, -0.15) is 0 Å². The van der Waals surface area contributed by atoms with Gasteiger partial charge in [0.1, 0.15) is 13.2 Å². The van der Waals surface area contributed by atoms with E-state index in [2.05, 4.69) is 6.92 Å². The molecule has 0 bridgehead atoms. The molecule has 4 nitrogen and oxygen atoms in total. The van der Waals surface area contributed by atoms with E-state index >= 15 is 0 Å². The van der Waals surface area contributed by atoms with Crippen molar-refractivity contribution >= 4 is 0 Å². The molecule has 4 heteroatoms. The minimum Gasteiger partial charge on any atom is -0.486 e. The van der Waals surface area contributed by atoms with E-state index < -0.39 is 0 Å². The molecule has 0 amide bonds. The van der Waals surface area contributed by atoms with Crippen LogP contribution < -0.4 is 15.2 Å². The Kier molecular flexibility index (Phi) is 4.66. The summed E-state index contributed by atoms with van der Waals surface area (Å²) < 4.78 is 17.1. The highest BCUT2D eigenvalue weighted by atomic mass is 16.6. The van der Waals surface area contributed by atoms with E-state index in [0.717, 1.165) is 35.8 Å². The lowest BCUT2D eigenvalue weighted by Crippen LogP contribution is -2.25. The van der Waals surface area contributed by atoms with Crippen LogP contribution >= 0.6 is 0 Å². The monoisotopic (exact) mass is 291 g/mol. The molecular formula is C17H25NO3. The topological polar surface area (TPSA) is 53.7 Å². The second-order valence-corrected chi connectivity index (χ2v) is 6.22. The molecule has 2 aliphatic rings. The molecule has 1 fully saturated rings. The van der Waals surface area contributed by atoms with Crippen LogP contribution in [-0.4, -0.2) is 25.9 Å². The van der Waals surface area contributed by atoms with Gasteiger partial charge >= 0.3 is 0 Å². The highest BCUT2D eigenvalue weighted by molar-refractivity contribution is 5.44. The summed E-state index contributed by atoms with van der Waals surface area (Å²) >= 11 is 0. The van der Waals surface area contributed by atoms with Crippen molar-refractivity contribution in [2.45, 2.75) is 44.8 Å². The van der Waals surface area contributed by atoms with Crippen molar-refractivity contribution in [3.8, 4) is 11.5 Å². The molecule has 3 rings (SSSR count). The molecule has 0 aromatic heterocycles. The number of hydrogen-bond acceptors (Lipinski definition) is 4. The normalized spacial score (nSPS) is 26.4. The molecule has 1 aromatic rings. The summed E-state index contributed by atoms with van der Waals surface area (Å²) in [5, 5.41) is 0. The number of benzene rings is 1. The van der Waals surface area contributed by atoms with Crippen molar-refractivity contribution in [2.24, 2.45) is 11.7 Å². The first kappa shape index (κ1) is 14.7. The average Bonchev–Trinajstić information content (AvgIpc) is 2.53. The van der Waals surface area contributed by atoms with Gasteiger partial charge in [-0.15, -0.1) is 0 Å². The third-order valence-electron chi connectivity index (χ3n) is 4.47. The summed E-state index contributed by atoms with van der Waals surface area (Å²) in [4.78, 5) is 0. The molecule has 0 radical (unpaired) electrons. The van der Waals surface area contributed by atoms with Crippen molar-refractivity contribution in [1.82, 2.24) is 0 Å². The summed E-state index contributed by atoms with van der Waals surface area (Å²) in [7, 11) is 0. The Labute approximate surface area is 126 Å². The summed E-state index contributed by atoms with van der Waals surface area (Å²) in [5.74, 6) is 2.44. The second kappa shape index (κ2) is 6.67. The number of hydrogen-bond donors (Lipinski definition) is 1. The highest BCUT2D eigenvalue weighted by Gasteiger charge is 2.20. The van der Waals surface area contributed by atoms with E-state index in [4.69, 9.17) is 19.9 Å².